The first-order valence-electron chi connectivity index (χ1n) is 12.3. The van der Waals surface area contributed by atoms with Gasteiger partial charge in [0, 0.05) is 49.5 Å². The predicted octanol–water partition coefficient (Wildman–Crippen LogP) is 3.89. The molecular formula is C27H33N5O2S. The third-order valence-corrected chi connectivity index (χ3v) is 7.42. The molecule has 0 spiro atoms. The minimum absolute atomic E-state index is 0.0270. The van der Waals surface area contributed by atoms with Gasteiger partial charge in [-0.2, -0.15) is 0 Å². The van der Waals surface area contributed by atoms with Crippen molar-refractivity contribution in [3.05, 3.63) is 77.4 Å². The van der Waals surface area contributed by atoms with Crippen LogP contribution in [0.1, 0.15) is 41.1 Å². The molecule has 2 saturated heterocycles. The lowest BCUT2D eigenvalue weighted by Gasteiger charge is -2.30. The smallest absolute Gasteiger partial charge is 0.170 e. The maximum Gasteiger partial charge on any atom is 0.170 e. The van der Waals surface area contributed by atoms with Crippen LogP contribution in [0.25, 0.3) is 5.69 Å². The minimum Gasteiger partial charge on any atom is -0.508 e. The molecule has 7 nitrogen and oxygen atoms in total. The minimum atomic E-state index is -0.0270. The Morgan fingerprint density at radius 1 is 1.09 bits per heavy atom. The highest BCUT2D eigenvalue weighted by Gasteiger charge is 2.41. The molecule has 5 rings (SSSR count). The molecule has 2 fully saturated rings. The monoisotopic (exact) mass is 491 g/mol. The zero-order chi connectivity index (χ0) is 24.4. The van der Waals surface area contributed by atoms with Crippen molar-refractivity contribution < 1.29 is 9.84 Å². The van der Waals surface area contributed by atoms with Crippen LogP contribution in [-0.4, -0.2) is 69.0 Å². The fraction of sp³-hybridized carbons (Fsp3) is 0.407. The van der Waals surface area contributed by atoms with Crippen LogP contribution in [0.5, 0.6) is 5.75 Å². The van der Waals surface area contributed by atoms with Gasteiger partial charge in [-0.25, -0.2) is 0 Å². The lowest BCUT2D eigenvalue weighted by Crippen LogP contribution is -2.39. The Morgan fingerprint density at radius 3 is 2.57 bits per heavy atom. The highest BCUT2D eigenvalue weighted by atomic mass is 32.1. The third kappa shape index (κ3) is 4.91. The van der Waals surface area contributed by atoms with Gasteiger partial charge in [0.05, 0.1) is 31.0 Å². The van der Waals surface area contributed by atoms with Crippen LogP contribution in [0.4, 0.5) is 0 Å². The van der Waals surface area contributed by atoms with Gasteiger partial charge in [-0.1, -0.05) is 6.07 Å². The second-order valence-electron chi connectivity index (χ2n) is 9.31. The van der Waals surface area contributed by atoms with Crippen molar-refractivity contribution in [2.24, 2.45) is 0 Å². The highest BCUT2D eigenvalue weighted by molar-refractivity contribution is 7.80. The fourth-order valence-corrected chi connectivity index (χ4v) is 5.69. The summed E-state index contributed by atoms with van der Waals surface area (Å²) in [5.74, 6) is 0.267. The molecule has 0 aliphatic carbocycles. The molecule has 0 amide bonds. The van der Waals surface area contributed by atoms with E-state index in [1.807, 2.05) is 30.5 Å². The van der Waals surface area contributed by atoms with E-state index in [0.29, 0.717) is 0 Å². The largest absolute Gasteiger partial charge is 0.508 e. The number of benzene rings is 1. The van der Waals surface area contributed by atoms with Gasteiger partial charge in [0.1, 0.15) is 5.75 Å². The number of rotatable bonds is 7. The van der Waals surface area contributed by atoms with Gasteiger partial charge in [0.2, 0.25) is 0 Å². The summed E-state index contributed by atoms with van der Waals surface area (Å²) in [6, 6.07) is 15.7. The SMILES string of the molecule is Cc1cc([C@H]2[C@H](c3ccccn3)NC(=S)N2CCCN2CCOCC2)c(C)n1-c1ccc(O)cc1. The van der Waals surface area contributed by atoms with Gasteiger partial charge in [0.25, 0.3) is 0 Å². The molecule has 2 aliphatic heterocycles. The number of aryl methyl sites for hydroxylation is 1. The van der Waals surface area contributed by atoms with E-state index in [9.17, 15) is 5.11 Å². The van der Waals surface area contributed by atoms with Crippen LogP contribution in [-0.2, 0) is 4.74 Å². The van der Waals surface area contributed by atoms with Crippen molar-refractivity contribution >= 4 is 17.3 Å². The predicted molar refractivity (Wildman–Crippen MR) is 141 cm³/mol. The average molecular weight is 492 g/mol. The number of nitrogens with one attached hydrogen (secondary N) is 1. The van der Waals surface area contributed by atoms with Gasteiger partial charge < -0.3 is 24.6 Å². The Bertz CT molecular complexity index is 1160. The summed E-state index contributed by atoms with van der Waals surface area (Å²) in [5, 5.41) is 14.1. The van der Waals surface area contributed by atoms with E-state index in [-0.39, 0.29) is 17.8 Å². The fourth-order valence-electron chi connectivity index (χ4n) is 5.36. The molecule has 35 heavy (non-hydrogen) atoms. The molecule has 2 aliphatic rings. The summed E-state index contributed by atoms with van der Waals surface area (Å²) in [4.78, 5) is 9.50. The van der Waals surface area contributed by atoms with Crippen LogP contribution in [0.2, 0.25) is 0 Å². The van der Waals surface area contributed by atoms with Crippen molar-refractivity contribution in [2.75, 3.05) is 39.4 Å². The van der Waals surface area contributed by atoms with Crippen molar-refractivity contribution in [1.82, 2.24) is 24.7 Å². The Morgan fingerprint density at radius 2 is 1.86 bits per heavy atom. The summed E-state index contributed by atoms with van der Waals surface area (Å²) in [5.41, 5.74) is 5.58. The summed E-state index contributed by atoms with van der Waals surface area (Å²) in [7, 11) is 0. The van der Waals surface area contributed by atoms with Crippen LogP contribution < -0.4 is 5.32 Å². The lowest BCUT2D eigenvalue weighted by molar-refractivity contribution is 0.0365. The highest BCUT2D eigenvalue weighted by Crippen LogP contribution is 2.41. The number of phenolic OH excluding ortho intramolecular Hbond substituents is 1. The molecule has 0 saturated carbocycles. The van der Waals surface area contributed by atoms with E-state index in [2.05, 4.69) is 50.6 Å². The lowest BCUT2D eigenvalue weighted by atomic mass is 9.96. The first-order chi connectivity index (χ1) is 17.0. The van der Waals surface area contributed by atoms with E-state index in [1.165, 1.54) is 11.3 Å². The van der Waals surface area contributed by atoms with Crippen LogP contribution in [0.3, 0.4) is 0 Å². The summed E-state index contributed by atoms with van der Waals surface area (Å²) < 4.78 is 7.75. The number of hydrogen-bond donors (Lipinski definition) is 2. The average Bonchev–Trinajstić information content (AvgIpc) is 3.36. The topological polar surface area (TPSA) is 65.8 Å². The normalized spacial score (nSPS) is 20.9. The van der Waals surface area contributed by atoms with Crippen LogP contribution in [0, 0.1) is 13.8 Å². The van der Waals surface area contributed by atoms with Crippen molar-refractivity contribution in [2.45, 2.75) is 32.4 Å². The molecule has 8 heteroatoms. The Labute approximate surface area is 212 Å². The molecule has 0 bridgehead atoms. The molecule has 2 atom stereocenters. The first kappa shape index (κ1) is 23.8. The third-order valence-electron chi connectivity index (χ3n) is 7.07. The quantitative estimate of drug-likeness (QED) is 0.486. The standard InChI is InChI=1S/C27H33N5O2S/c1-19-18-23(20(2)32(19)21-7-9-22(33)10-8-21)26-25(24-6-3-4-11-28-24)29-27(35)31(26)13-5-12-30-14-16-34-17-15-30/h3-4,6-11,18,25-26,33H,5,12-17H2,1-2H3,(H,29,35)/t25-,26-/m0/s1. The molecule has 0 radical (unpaired) electrons. The molecule has 2 N–H and O–H groups in total. The maximum atomic E-state index is 9.77. The maximum absolute atomic E-state index is 9.77. The number of hydrogen-bond acceptors (Lipinski definition) is 5. The summed E-state index contributed by atoms with van der Waals surface area (Å²) in [6.45, 7) is 9.83. The second kappa shape index (κ2) is 10.4. The number of morpholine rings is 1. The van der Waals surface area contributed by atoms with E-state index in [0.717, 1.165) is 68.0 Å². The molecule has 0 unspecified atom stereocenters. The number of phenols is 1. The van der Waals surface area contributed by atoms with E-state index >= 15 is 0 Å². The first-order valence-corrected chi connectivity index (χ1v) is 12.7. The van der Waals surface area contributed by atoms with Crippen molar-refractivity contribution in [3.8, 4) is 11.4 Å². The molecular weight excluding hydrogens is 458 g/mol. The second-order valence-corrected chi connectivity index (χ2v) is 9.69. The number of ether oxygens (including phenoxy) is 1. The van der Waals surface area contributed by atoms with Gasteiger partial charge in [-0.15, -0.1) is 0 Å². The van der Waals surface area contributed by atoms with E-state index < -0.39 is 0 Å². The van der Waals surface area contributed by atoms with E-state index in [4.69, 9.17) is 17.0 Å². The van der Waals surface area contributed by atoms with E-state index in [1.54, 1.807) is 12.1 Å². The van der Waals surface area contributed by atoms with Crippen LogP contribution in [0.15, 0.2) is 54.7 Å². The van der Waals surface area contributed by atoms with Gasteiger partial charge in [-0.3, -0.25) is 9.88 Å². The van der Waals surface area contributed by atoms with Gasteiger partial charge in [0.15, 0.2) is 5.11 Å². The molecule has 2 aromatic heterocycles. The van der Waals surface area contributed by atoms with Gasteiger partial charge in [-0.05, 0) is 80.5 Å². The van der Waals surface area contributed by atoms with Crippen molar-refractivity contribution in [1.29, 1.82) is 0 Å². The summed E-state index contributed by atoms with van der Waals surface area (Å²) in [6.07, 6.45) is 2.88. The Kier molecular flexibility index (Phi) is 7.04. The molecule has 1 aromatic carbocycles. The number of aromatic nitrogens is 2. The zero-order valence-electron chi connectivity index (χ0n) is 20.4. The Balaban J connectivity index is 1.47. The van der Waals surface area contributed by atoms with Crippen molar-refractivity contribution in [3.63, 3.8) is 0 Å². The van der Waals surface area contributed by atoms with Crippen LogP contribution >= 0.6 is 12.2 Å². The van der Waals surface area contributed by atoms with Gasteiger partial charge >= 0.3 is 0 Å². The zero-order valence-corrected chi connectivity index (χ0v) is 21.2. The molecule has 3 aromatic rings. The number of pyridine rings is 1. The Hall–Kier alpha value is -2.94. The number of nitrogens with zero attached hydrogens (tertiary/aromatic N) is 4. The summed E-state index contributed by atoms with van der Waals surface area (Å²) >= 11 is 5.87. The number of aromatic hydroxyl groups is 1. The molecule has 184 valence electrons. The number of thiocarbonyl (C=S) groups is 1. The molecule has 4 heterocycles.